The van der Waals surface area contributed by atoms with E-state index in [1.807, 2.05) is 0 Å². The number of amides is 1. The van der Waals surface area contributed by atoms with Gasteiger partial charge in [0.05, 0.1) is 17.7 Å². The Hall–Kier alpha value is -1.96. The summed E-state index contributed by atoms with van der Waals surface area (Å²) in [4.78, 5) is 15.6. The fraction of sp³-hybridized carbons (Fsp3) is 0.719. The number of rotatable bonds is 5. The number of aliphatic hydroxyl groups excluding tert-OH is 2. The van der Waals surface area contributed by atoms with Crippen LogP contribution in [0.5, 0.6) is 5.88 Å². The van der Waals surface area contributed by atoms with E-state index < -0.39 is 0 Å². The van der Waals surface area contributed by atoms with E-state index in [2.05, 4.69) is 36.0 Å². The van der Waals surface area contributed by atoms with Gasteiger partial charge >= 0.3 is 0 Å². The van der Waals surface area contributed by atoms with Crippen LogP contribution in [-0.2, 0) is 4.79 Å². The fourth-order valence-electron chi connectivity index (χ4n) is 10.1. The highest BCUT2D eigenvalue weighted by molar-refractivity contribution is 6.31. The van der Waals surface area contributed by atoms with E-state index in [1.54, 1.807) is 18.2 Å². The minimum Gasteiger partial charge on any atom is -0.493 e. The SMILES string of the molecule is C[C@@H](CCC(=O)N=Nc1c(O)[nH]c2ccc(Cl)cc12)[C@H]1CC[C@H]2[C@@H]3[C@@H](O)C[C@H]4C[C@@H](O)CC[C@]4(C)[C@H]3CC[C@]12C. The molecule has 4 aliphatic carbocycles. The molecule has 1 aromatic heterocycles. The highest BCUT2D eigenvalue weighted by Crippen LogP contribution is 2.68. The lowest BCUT2D eigenvalue weighted by Gasteiger charge is -2.62. The number of aromatic amines is 1. The highest BCUT2D eigenvalue weighted by atomic mass is 35.5. The van der Waals surface area contributed by atoms with Crippen molar-refractivity contribution >= 4 is 34.1 Å². The van der Waals surface area contributed by atoms with Crippen LogP contribution in [0.15, 0.2) is 28.4 Å². The number of fused-ring (bicyclic) bond motifs is 6. The summed E-state index contributed by atoms with van der Waals surface area (Å²) in [6, 6.07) is 5.18. The number of aliphatic hydroxyl groups is 2. The quantitative estimate of drug-likeness (QED) is 0.278. The van der Waals surface area contributed by atoms with Crippen molar-refractivity contribution in [1.29, 1.82) is 0 Å². The van der Waals surface area contributed by atoms with Gasteiger partial charge in [0.15, 0.2) is 5.69 Å². The molecule has 6 rings (SSSR count). The van der Waals surface area contributed by atoms with Crippen LogP contribution in [0.25, 0.3) is 10.9 Å². The zero-order chi connectivity index (χ0) is 28.4. The molecule has 1 amide bonds. The molecular formula is C32H44ClN3O4. The van der Waals surface area contributed by atoms with Crippen LogP contribution in [0.1, 0.15) is 85.0 Å². The second-order valence-corrected chi connectivity index (χ2v) is 14.5. The first kappa shape index (κ1) is 28.2. The summed E-state index contributed by atoms with van der Waals surface area (Å²) in [5.41, 5.74) is 1.33. The summed E-state index contributed by atoms with van der Waals surface area (Å²) in [6.45, 7) is 7.19. The monoisotopic (exact) mass is 569 g/mol. The number of aromatic hydroxyl groups is 1. The molecule has 1 aromatic carbocycles. The number of halogens is 1. The fourth-order valence-corrected chi connectivity index (χ4v) is 10.3. The summed E-state index contributed by atoms with van der Waals surface area (Å²) in [5, 5.41) is 41.2. The predicted octanol–water partition coefficient (Wildman–Crippen LogP) is 7.54. The van der Waals surface area contributed by atoms with Gasteiger partial charge < -0.3 is 20.3 Å². The number of nitrogens with one attached hydrogen (secondary N) is 1. The van der Waals surface area contributed by atoms with Gasteiger partial charge in [-0.2, -0.15) is 0 Å². The molecule has 4 fully saturated rings. The van der Waals surface area contributed by atoms with E-state index in [4.69, 9.17) is 11.6 Å². The minimum atomic E-state index is -0.285. The average molecular weight is 570 g/mol. The van der Waals surface area contributed by atoms with E-state index in [9.17, 15) is 20.1 Å². The zero-order valence-corrected chi connectivity index (χ0v) is 24.7. The molecule has 7 nitrogen and oxygen atoms in total. The molecule has 40 heavy (non-hydrogen) atoms. The molecule has 218 valence electrons. The zero-order valence-electron chi connectivity index (χ0n) is 23.9. The summed E-state index contributed by atoms with van der Waals surface area (Å²) in [7, 11) is 0. The Morgan fingerprint density at radius 2 is 1.85 bits per heavy atom. The number of carbonyl (C=O) groups excluding carboxylic acids is 1. The molecule has 1 heterocycles. The van der Waals surface area contributed by atoms with Gasteiger partial charge in [-0.3, -0.25) is 4.79 Å². The second kappa shape index (κ2) is 10.4. The van der Waals surface area contributed by atoms with Crippen molar-refractivity contribution in [3.63, 3.8) is 0 Å². The van der Waals surface area contributed by atoms with Crippen LogP contribution in [0.4, 0.5) is 5.69 Å². The van der Waals surface area contributed by atoms with Crippen LogP contribution >= 0.6 is 11.6 Å². The van der Waals surface area contributed by atoms with Gasteiger partial charge in [0.2, 0.25) is 5.88 Å². The lowest BCUT2D eigenvalue weighted by atomic mass is 9.43. The maximum atomic E-state index is 12.7. The molecule has 8 heteroatoms. The number of hydrogen-bond acceptors (Lipinski definition) is 5. The number of benzene rings is 1. The topological polar surface area (TPSA) is 118 Å². The lowest BCUT2D eigenvalue weighted by molar-refractivity contribution is -0.174. The summed E-state index contributed by atoms with van der Waals surface area (Å²) >= 11 is 6.10. The third kappa shape index (κ3) is 4.60. The molecule has 0 unspecified atom stereocenters. The molecule has 0 spiro atoms. The number of hydrogen-bond donors (Lipinski definition) is 4. The maximum absolute atomic E-state index is 12.7. The van der Waals surface area contributed by atoms with E-state index in [1.165, 1.54) is 6.42 Å². The Kier molecular flexibility index (Phi) is 7.32. The van der Waals surface area contributed by atoms with Crippen molar-refractivity contribution in [2.24, 2.45) is 56.6 Å². The Labute approximate surface area is 241 Å². The molecule has 0 saturated heterocycles. The van der Waals surface area contributed by atoms with E-state index in [0.717, 1.165) is 51.4 Å². The average Bonchev–Trinajstić information content (AvgIpc) is 3.42. The summed E-state index contributed by atoms with van der Waals surface area (Å²) in [6.07, 6.45) is 8.90. The third-order valence-electron chi connectivity index (χ3n) is 12.2. The molecular weight excluding hydrogens is 526 g/mol. The lowest BCUT2D eigenvalue weighted by Crippen LogP contribution is -2.58. The number of nitrogens with zero attached hydrogens (tertiary/aromatic N) is 2. The van der Waals surface area contributed by atoms with Gasteiger partial charge in [-0.15, -0.1) is 10.2 Å². The molecule has 4 aliphatic rings. The van der Waals surface area contributed by atoms with Crippen molar-refractivity contribution in [2.45, 2.75) is 97.2 Å². The van der Waals surface area contributed by atoms with E-state index in [0.29, 0.717) is 57.9 Å². The molecule has 2 aromatic rings. The molecule has 0 bridgehead atoms. The smallest absolute Gasteiger partial charge is 0.264 e. The van der Waals surface area contributed by atoms with E-state index in [-0.39, 0.29) is 40.5 Å². The standard InChI is InChI=1S/C32H44ClN3O4/c1-17(4-9-27(39)35-36-29-21-16-19(33)5-8-25(21)34-30(29)40)22-6-7-23-28-24(11-13-32(22,23)3)31(2)12-10-20(37)14-18(31)15-26(28)38/h5,8,16-18,20,22-24,26,28,34,37-38,40H,4,6-7,9-15H2,1-3H3/t17-,18+,20-,22+,23-,24-,26-,28-,31-,32+/m0/s1. The van der Waals surface area contributed by atoms with Crippen LogP contribution in [0.2, 0.25) is 5.02 Å². The first-order valence-electron chi connectivity index (χ1n) is 15.3. The molecule has 4 N–H and O–H groups in total. The Bertz CT molecular complexity index is 1310. The number of H-pyrrole nitrogens is 1. The van der Waals surface area contributed by atoms with Crippen molar-refractivity contribution < 1.29 is 20.1 Å². The van der Waals surface area contributed by atoms with Gasteiger partial charge in [-0.1, -0.05) is 32.4 Å². The van der Waals surface area contributed by atoms with Crippen molar-refractivity contribution in [3.8, 4) is 5.88 Å². The van der Waals surface area contributed by atoms with Crippen LogP contribution in [-0.4, -0.2) is 38.4 Å². The van der Waals surface area contributed by atoms with Gasteiger partial charge in [0, 0.05) is 16.8 Å². The van der Waals surface area contributed by atoms with Crippen molar-refractivity contribution in [2.75, 3.05) is 0 Å². The van der Waals surface area contributed by atoms with Gasteiger partial charge in [-0.25, -0.2) is 0 Å². The third-order valence-corrected chi connectivity index (χ3v) is 12.4. The van der Waals surface area contributed by atoms with Gasteiger partial charge in [0.25, 0.3) is 5.91 Å². The summed E-state index contributed by atoms with van der Waals surface area (Å²) in [5.74, 6) is 2.32. The first-order valence-corrected chi connectivity index (χ1v) is 15.7. The number of azo groups is 1. The van der Waals surface area contributed by atoms with Gasteiger partial charge in [0.1, 0.15) is 0 Å². The predicted molar refractivity (Wildman–Crippen MR) is 156 cm³/mol. The Morgan fingerprint density at radius 1 is 1.10 bits per heavy atom. The molecule has 10 atom stereocenters. The number of aromatic nitrogens is 1. The highest BCUT2D eigenvalue weighted by Gasteiger charge is 2.62. The molecule has 0 aliphatic heterocycles. The normalized spacial score (nSPS) is 40.1. The summed E-state index contributed by atoms with van der Waals surface area (Å²) < 4.78 is 0. The largest absolute Gasteiger partial charge is 0.493 e. The molecule has 0 radical (unpaired) electrons. The minimum absolute atomic E-state index is 0.128. The number of carbonyl (C=O) groups is 1. The first-order chi connectivity index (χ1) is 19.0. The van der Waals surface area contributed by atoms with Crippen LogP contribution in [0.3, 0.4) is 0 Å². The van der Waals surface area contributed by atoms with Gasteiger partial charge in [-0.05, 0) is 122 Å². The van der Waals surface area contributed by atoms with Crippen molar-refractivity contribution in [3.05, 3.63) is 23.2 Å². The Balaban J connectivity index is 1.11. The Morgan fingerprint density at radius 3 is 2.65 bits per heavy atom. The maximum Gasteiger partial charge on any atom is 0.264 e. The van der Waals surface area contributed by atoms with Crippen LogP contribution < -0.4 is 0 Å². The van der Waals surface area contributed by atoms with E-state index >= 15 is 0 Å². The molecule has 4 saturated carbocycles. The van der Waals surface area contributed by atoms with Crippen molar-refractivity contribution in [1.82, 2.24) is 4.98 Å². The second-order valence-electron chi connectivity index (χ2n) is 14.1. The van der Waals surface area contributed by atoms with Crippen LogP contribution in [0, 0.1) is 46.3 Å².